The number of nitrogens with zero attached hydrogens (tertiary/aromatic N) is 13. The number of ketones is 3. The second kappa shape index (κ2) is 19.4. The molecule has 6 aromatic rings. The molecule has 0 fully saturated rings. The summed E-state index contributed by atoms with van der Waals surface area (Å²) in [4.78, 5) is 51.6. The van der Waals surface area contributed by atoms with E-state index in [4.69, 9.17) is 47.8 Å². The van der Waals surface area contributed by atoms with Crippen molar-refractivity contribution in [3.8, 4) is 11.9 Å². The molecule has 0 amide bonds. The number of hydrogen-bond acceptors (Lipinski definition) is 19. The number of carbonyl (C=O) groups excluding carboxylic acids is 3. The van der Waals surface area contributed by atoms with Gasteiger partial charge < -0.3 is 27.9 Å². The third kappa shape index (κ3) is 11.0. The van der Waals surface area contributed by atoms with E-state index in [1.807, 2.05) is 62.3 Å². The van der Waals surface area contributed by atoms with Crippen LogP contribution in [0.4, 0.5) is 46.0 Å². The molecule has 0 aliphatic rings. The number of allylic oxidation sites excluding steroid dienone is 1. The normalized spacial score (nSPS) is 12.8. The smallest absolute Gasteiger partial charge is 0.259 e. The standard InChI is InChI=1S/C48H56N18O3/c1-25(67)28-19-13-16-22-31(28)57-60-34(37(49)46(4,5)6)40(50)53-43-54-44(65-41(51)35(38(63-65)47(7,8)9)61-58-32-23-17-14-20-29(32)26(2)68)56-45(55-43)66-42(52)36(39(64-66)48(10,11)12)62-59-33-24-18-15-21-30(33)27(3)69/h13-24,49H,50-52H2,1-12H3,(H,53,54,55,56)/b40-34+,49-37?,60-57+,61-58+,62-59+. The third-order valence-corrected chi connectivity index (χ3v) is 10.3. The Labute approximate surface area is 399 Å². The average Bonchev–Trinajstić information content (AvgIpc) is 3.80. The predicted molar refractivity (Wildman–Crippen MR) is 265 cm³/mol. The zero-order chi connectivity index (χ0) is 50.7. The van der Waals surface area contributed by atoms with Crippen molar-refractivity contribution in [2.24, 2.45) is 41.8 Å². The number of nitrogen functional groups attached to an aromatic ring is 2. The lowest BCUT2D eigenvalue weighted by Gasteiger charge is -2.21. The van der Waals surface area contributed by atoms with Gasteiger partial charge in [-0.25, -0.2) is 0 Å². The molecule has 0 saturated carbocycles. The van der Waals surface area contributed by atoms with E-state index in [-0.39, 0.29) is 81.1 Å². The molecular formula is C48H56N18O3. The van der Waals surface area contributed by atoms with Gasteiger partial charge in [0.1, 0.15) is 11.5 Å². The van der Waals surface area contributed by atoms with Crippen LogP contribution in [-0.4, -0.2) is 57.6 Å². The van der Waals surface area contributed by atoms with Gasteiger partial charge in [0.25, 0.3) is 11.9 Å². The van der Waals surface area contributed by atoms with Crippen LogP contribution in [0.5, 0.6) is 0 Å². The molecule has 356 valence electrons. The molecule has 0 radical (unpaired) electrons. The quantitative estimate of drug-likeness (QED) is 0.0387. The van der Waals surface area contributed by atoms with Gasteiger partial charge in [-0.2, -0.15) is 34.5 Å². The fourth-order valence-corrected chi connectivity index (χ4v) is 6.62. The van der Waals surface area contributed by atoms with Crippen molar-refractivity contribution >= 4 is 69.1 Å². The van der Waals surface area contributed by atoms with Crippen molar-refractivity contribution in [2.45, 2.75) is 93.9 Å². The van der Waals surface area contributed by atoms with E-state index in [1.165, 1.54) is 30.1 Å². The maximum Gasteiger partial charge on any atom is 0.259 e. The van der Waals surface area contributed by atoms with E-state index >= 15 is 0 Å². The number of Topliss-reactive ketones (excluding diaryl/α,β-unsaturated/α-hetero) is 3. The van der Waals surface area contributed by atoms with Gasteiger partial charge in [0.2, 0.25) is 5.95 Å². The maximum absolute atomic E-state index is 12.5. The Morgan fingerprint density at radius 1 is 0.565 bits per heavy atom. The maximum atomic E-state index is 12.5. The molecule has 3 aromatic heterocycles. The summed E-state index contributed by atoms with van der Waals surface area (Å²) in [7, 11) is 0. The first-order valence-corrected chi connectivity index (χ1v) is 21.7. The van der Waals surface area contributed by atoms with Crippen LogP contribution in [0, 0.1) is 10.8 Å². The van der Waals surface area contributed by atoms with Crippen LogP contribution in [0.3, 0.4) is 0 Å². The molecule has 0 atom stereocenters. The highest BCUT2D eigenvalue weighted by Gasteiger charge is 2.31. The minimum atomic E-state index is -0.790. The van der Waals surface area contributed by atoms with Crippen LogP contribution in [0.25, 0.3) is 11.9 Å². The molecule has 21 nitrogen and oxygen atoms in total. The number of benzene rings is 3. The van der Waals surface area contributed by atoms with Crippen LogP contribution >= 0.6 is 0 Å². The van der Waals surface area contributed by atoms with E-state index in [0.717, 1.165) is 0 Å². The van der Waals surface area contributed by atoms with Crippen LogP contribution < -0.4 is 22.5 Å². The number of aromatic nitrogens is 7. The van der Waals surface area contributed by atoms with Crippen LogP contribution in [0.1, 0.15) is 126 Å². The Balaban J connectivity index is 1.61. The van der Waals surface area contributed by atoms with Crippen LogP contribution in [-0.2, 0) is 10.8 Å². The number of hydrogen-bond donors (Lipinski definition) is 5. The second-order valence-corrected chi connectivity index (χ2v) is 19.1. The number of nitrogens with two attached hydrogens (primary N) is 3. The van der Waals surface area contributed by atoms with Gasteiger partial charge in [-0.05, 0) is 57.2 Å². The SMILES string of the molecule is CC(=O)c1ccccc1/N=N/C(C(=N)C(C)(C)C)=C(\N)Nc1nc(-n2nc(C(C)(C)C)c(/N=N/c3ccccc3C(C)=O)c2N)nc(-n2nc(C(C)(C)C)c(/N=N/c3ccccc3C(C)=O)c2N)n1. The van der Waals surface area contributed by atoms with Gasteiger partial charge in [-0.3, -0.25) is 14.4 Å². The Hall–Kier alpha value is -8.49. The average molecular weight is 933 g/mol. The van der Waals surface area contributed by atoms with Gasteiger partial charge in [0, 0.05) is 32.9 Å². The van der Waals surface area contributed by atoms with E-state index in [2.05, 4.69) is 36.0 Å². The Kier molecular flexibility index (Phi) is 14.0. The van der Waals surface area contributed by atoms with Gasteiger partial charge >= 0.3 is 0 Å². The molecule has 0 saturated heterocycles. The molecule has 0 aliphatic heterocycles. The summed E-state index contributed by atoms with van der Waals surface area (Å²) in [6.07, 6.45) is 0. The van der Waals surface area contributed by atoms with Crippen molar-refractivity contribution in [1.82, 2.24) is 34.5 Å². The van der Waals surface area contributed by atoms with E-state index in [9.17, 15) is 14.4 Å². The van der Waals surface area contributed by atoms with Gasteiger partial charge in [-0.15, -0.1) is 30.7 Å². The first-order chi connectivity index (χ1) is 32.3. The first-order valence-electron chi connectivity index (χ1n) is 21.7. The lowest BCUT2D eigenvalue weighted by Crippen LogP contribution is -2.26. The van der Waals surface area contributed by atoms with Crippen molar-refractivity contribution < 1.29 is 14.4 Å². The second-order valence-electron chi connectivity index (χ2n) is 19.1. The topological polar surface area (TPSA) is 314 Å². The van der Waals surface area contributed by atoms with Crippen molar-refractivity contribution in [2.75, 3.05) is 16.8 Å². The van der Waals surface area contributed by atoms with Crippen molar-refractivity contribution in [1.29, 1.82) is 5.41 Å². The van der Waals surface area contributed by atoms with E-state index in [0.29, 0.717) is 39.5 Å². The molecule has 0 spiro atoms. The highest BCUT2D eigenvalue weighted by molar-refractivity contribution is 6.02. The zero-order valence-electron chi connectivity index (χ0n) is 40.7. The molecule has 0 bridgehead atoms. The van der Waals surface area contributed by atoms with Crippen molar-refractivity contribution in [3.05, 3.63) is 112 Å². The molecule has 3 aromatic carbocycles. The summed E-state index contributed by atoms with van der Waals surface area (Å²) in [5.74, 6) is -1.36. The number of carbonyl (C=O) groups is 3. The number of azo groups is 3. The van der Waals surface area contributed by atoms with Gasteiger partial charge in [-0.1, -0.05) is 98.7 Å². The van der Waals surface area contributed by atoms with E-state index in [1.54, 1.807) is 72.8 Å². The van der Waals surface area contributed by atoms with Crippen LogP contribution in [0.2, 0.25) is 0 Å². The third-order valence-electron chi connectivity index (χ3n) is 10.3. The number of nitrogens with one attached hydrogen (secondary N) is 2. The predicted octanol–water partition coefficient (Wildman–Crippen LogP) is 10.8. The molecule has 69 heavy (non-hydrogen) atoms. The number of anilines is 3. The first kappa shape index (κ1) is 49.9. The molecular weight excluding hydrogens is 877 g/mol. The highest BCUT2D eigenvalue weighted by atomic mass is 16.1. The van der Waals surface area contributed by atoms with Gasteiger partial charge in [0.15, 0.2) is 40.4 Å². The number of rotatable bonds is 14. The Morgan fingerprint density at radius 3 is 1.28 bits per heavy atom. The summed E-state index contributed by atoms with van der Waals surface area (Å²) in [6.45, 7) is 21.2. The zero-order valence-corrected chi connectivity index (χ0v) is 40.7. The minimum Gasteiger partial charge on any atom is -0.383 e. The van der Waals surface area contributed by atoms with E-state index < -0.39 is 16.2 Å². The lowest BCUT2D eigenvalue weighted by molar-refractivity contribution is 0.101. The summed E-state index contributed by atoms with van der Waals surface area (Å²) in [6, 6.07) is 20.2. The fraction of sp³-hybridized carbons (Fsp3) is 0.312. The molecule has 8 N–H and O–H groups in total. The Bertz CT molecular complexity index is 2990. The summed E-state index contributed by atoms with van der Waals surface area (Å²) in [5, 5.41) is 48.5. The molecule has 0 aliphatic carbocycles. The lowest BCUT2D eigenvalue weighted by atomic mass is 9.88. The minimum absolute atomic E-state index is 0.00830. The van der Waals surface area contributed by atoms with Crippen LogP contribution in [0.15, 0.2) is 115 Å². The summed E-state index contributed by atoms with van der Waals surface area (Å²) < 4.78 is 2.50. The molecule has 21 heteroatoms. The van der Waals surface area contributed by atoms with Gasteiger partial charge in [0.05, 0.1) is 34.2 Å². The summed E-state index contributed by atoms with van der Waals surface area (Å²) in [5.41, 5.74) is 21.5. The molecule has 6 rings (SSSR count). The fourth-order valence-electron chi connectivity index (χ4n) is 6.62. The molecule has 0 unspecified atom stereocenters. The Morgan fingerprint density at radius 2 is 0.928 bits per heavy atom. The highest BCUT2D eigenvalue weighted by Crippen LogP contribution is 2.40. The molecule has 3 heterocycles. The van der Waals surface area contributed by atoms with Crippen molar-refractivity contribution in [3.63, 3.8) is 0 Å². The monoisotopic (exact) mass is 932 g/mol. The largest absolute Gasteiger partial charge is 0.383 e. The summed E-state index contributed by atoms with van der Waals surface area (Å²) >= 11 is 0.